The van der Waals surface area contributed by atoms with E-state index in [0.717, 1.165) is 5.56 Å². The molecule has 0 radical (unpaired) electrons. The van der Waals surface area contributed by atoms with Crippen LogP contribution >= 0.6 is 0 Å². The molecule has 0 saturated carbocycles. The summed E-state index contributed by atoms with van der Waals surface area (Å²) in [4.78, 5) is 0.248. The zero-order chi connectivity index (χ0) is 16.0. The molecule has 2 aromatic rings. The van der Waals surface area contributed by atoms with Gasteiger partial charge in [0.1, 0.15) is 11.6 Å². The molecule has 0 aliphatic heterocycles. The highest BCUT2D eigenvalue weighted by Crippen LogP contribution is 2.12. The Labute approximate surface area is 130 Å². The number of ether oxygens (including phenoxy) is 1. The standard InChI is InChI=1S/C16H18FNO3S/c1-13-3-9-16(10-4-13)22(19,20)18-11-2-12-21-15-7-5-14(17)6-8-15/h3-10,18H,2,11-12H2,1H3. The molecule has 0 unspecified atom stereocenters. The molecule has 0 aliphatic rings. The van der Waals surface area contributed by atoms with Crippen molar-refractivity contribution in [3.8, 4) is 5.75 Å². The van der Waals surface area contributed by atoms with E-state index in [0.29, 0.717) is 18.8 Å². The van der Waals surface area contributed by atoms with Crippen molar-refractivity contribution >= 4 is 10.0 Å². The van der Waals surface area contributed by atoms with Gasteiger partial charge in [-0.3, -0.25) is 0 Å². The van der Waals surface area contributed by atoms with Crippen LogP contribution in [0.15, 0.2) is 53.4 Å². The Morgan fingerprint density at radius 2 is 1.68 bits per heavy atom. The SMILES string of the molecule is Cc1ccc(S(=O)(=O)NCCCOc2ccc(F)cc2)cc1. The molecule has 22 heavy (non-hydrogen) atoms. The van der Waals surface area contributed by atoms with Gasteiger partial charge in [-0.1, -0.05) is 17.7 Å². The van der Waals surface area contributed by atoms with Gasteiger partial charge in [-0.25, -0.2) is 17.5 Å². The summed E-state index contributed by atoms with van der Waals surface area (Å²) in [5.74, 6) is 0.237. The molecule has 0 fully saturated rings. The first-order chi connectivity index (χ1) is 10.5. The lowest BCUT2D eigenvalue weighted by atomic mass is 10.2. The number of halogens is 1. The Kier molecular flexibility index (Phi) is 5.51. The van der Waals surface area contributed by atoms with Gasteiger partial charge in [0.05, 0.1) is 11.5 Å². The molecule has 0 saturated heterocycles. The van der Waals surface area contributed by atoms with Crippen molar-refractivity contribution in [1.29, 1.82) is 0 Å². The molecule has 2 rings (SSSR count). The second kappa shape index (κ2) is 7.38. The average molecular weight is 323 g/mol. The highest BCUT2D eigenvalue weighted by molar-refractivity contribution is 7.89. The second-order valence-electron chi connectivity index (χ2n) is 4.87. The van der Waals surface area contributed by atoms with Crippen LogP contribution < -0.4 is 9.46 Å². The van der Waals surface area contributed by atoms with E-state index < -0.39 is 10.0 Å². The van der Waals surface area contributed by atoms with Crippen molar-refractivity contribution < 1.29 is 17.5 Å². The van der Waals surface area contributed by atoms with Crippen LogP contribution in [-0.4, -0.2) is 21.6 Å². The molecular weight excluding hydrogens is 305 g/mol. The fourth-order valence-corrected chi connectivity index (χ4v) is 2.87. The lowest BCUT2D eigenvalue weighted by molar-refractivity contribution is 0.311. The third-order valence-electron chi connectivity index (χ3n) is 3.03. The predicted molar refractivity (Wildman–Crippen MR) is 82.9 cm³/mol. The summed E-state index contributed by atoms with van der Waals surface area (Å²) in [6.45, 7) is 2.52. The van der Waals surface area contributed by atoms with Gasteiger partial charge in [-0.2, -0.15) is 0 Å². The number of hydrogen-bond donors (Lipinski definition) is 1. The zero-order valence-electron chi connectivity index (χ0n) is 12.3. The van der Waals surface area contributed by atoms with E-state index in [2.05, 4.69) is 4.72 Å². The number of aryl methyl sites for hydroxylation is 1. The van der Waals surface area contributed by atoms with Crippen molar-refractivity contribution in [1.82, 2.24) is 4.72 Å². The molecule has 0 spiro atoms. The number of hydrogen-bond acceptors (Lipinski definition) is 3. The van der Waals surface area contributed by atoms with Gasteiger partial charge >= 0.3 is 0 Å². The lowest BCUT2D eigenvalue weighted by Crippen LogP contribution is -2.25. The minimum atomic E-state index is -3.48. The average Bonchev–Trinajstić information content (AvgIpc) is 2.49. The normalized spacial score (nSPS) is 11.4. The Hall–Kier alpha value is -1.92. The van der Waals surface area contributed by atoms with E-state index in [4.69, 9.17) is 4.74 Å². The molecule has 118 valence electrons. The van der Waals surface area contributed by atoms with Crippen LogP contribution in [0.1, 0.15) is 12.0 Å². The molecule has 0 amide bonds. The van der Waals surface area contributed by atoms with Crippen LogP contribution in [0.4, 0.5) is 4.39 Å². The van der Waals surface area contributed by atoms with Gasteiger partial charge in [0.2, 0.25) is 10.0 Å². The fraction of sp³-hybridized carbons (Fsp3) is 0.250. The first kappa shape index (κ1) is 16.5. The van der Waals surface area contributed by atoms with Gasteiger partial charge in [-0.05, 0) is 49.7 Å². The topological polar surface area (TPSA) is 55.4 Å². The quantitative estimate of drug-likeness (QED) is 0.797. The Balaban J connectivity index is 1.76. The van der Waals surface area contributed by atoms with Gasteiger partial charge in [0.25, 0.3) is 0 Å². The summed E-state index contributed by atoms with van der Waals surface area (Å²) in [6, 6.07) is 12.4. The van der Waals surface area contributed by atoms with Crippen LogP contribution in [0.5, 0.6) is 5.75 Å². The third kappa shape index (κ3) is 4.82. The zero-order valence-corrected chi connectivity index (χ0v) is 13.1. The Morgan fingerprint density at radius 1 is 1.05 bits per heavy atom. The van der Waals surface area contributed by atoms with Crippen LogP contribution in [-0.2, 0) is 10.0 Å². The molecule has 4 nitrogen and oxygen atoms in total. The molecule has 1 N–H and O–H groups in total. The second-order valence-corrected chi connectivity index (χ2v) is 6.63. The molecule has 0 bridgehead atoms. The fourth-order valence-electron chi connectivity index (χ4n) is 1.80. The highest BCUT2D eigenvalue weighted by Gasteiger charge is 2.12. The van der Waals surface area contributed by atoms with Gasteiger partial charge in [0, 0.05) is 6.54 Å². The summed E-state index contributed by atoms with van der Waals surface area (Å²) < 4.78 is 44.7. The van der Waals surface area contributed by atoms with E-state index in [1.165, 1.54) is 24.3 Å². The first-order valence-electron chi connectivity index (χ1n) is 6.92. The van der Waals surface area contributed by atoms with E-state index in [-0.39, 0.29) is 17.3 Å². The number of benzene rings is 2. The summed E-state index contributed by atoms with van der Waals surface area (Å²) in [5, 5.41) is 0. The molecular formula is C16H18FNO3S. The van der Waals surface area contributed by atoms with Crippen molar-refractivity contribution in [3.63, 3.8) is 0 Å². The molecule has 0 aliphatic carbocycles. The highest BCUT2D eigenvalue weighted by atomic mass is 32.2. The number of sulfonamides is 1. The summed E-state index contributed by atoms with van der Waals surface area (Å²) >= 11 is 0. The maximum Gasteiger partial charge on any atom is 0.240 e. The summed E-state index contributed by atoms with van der Waals surface area (Å²) in [6.07, 6.45) is 0.516. The van der Waals surface area contributed by atoms with Gasteiger partial charge in [0.15, 0.2) is 0 Å². The van der Waals surface area contributed by atoms with E-state index >= 15 is 0 Å². The van der Waals surface area contributed by atoms with Gasteiger partial charge < -0.3 is 4.74 Å². The van der Waals surface area contributed by atoms with Crippen molar-refractivity contribution in [2.45, 2.75) is 18.2 Å². The van der Waals surface area contributed by atoms with Crippen LogP contribution in [0.2, 0.25) is 0 Å². The molecule has 6 heteroatoms. The molecule has 0 aromatic heterocycles. The van der Waals surface area contributed by atoms with Crippen LogP contribution in [0, 0.1) is 12.7 Å². The molecule has 0 atom stereocenters. The van der Waals surface area contributed by atoms with E-state index in [1.54, 1.807) is 24.3 Å². The molecule has 0 heterocycles. The van der Waals surface area contributed by atoms with Crippen molar-refractivity contribution in [2.75, 3.05) is 13.2 Å². The van der Waals surface area contributed by atoms with Crippen molar-refractivity contribution in [3.05, 3.63) is 59.9 Å². The lowest BCUT2D eigenvalue weighted by Gasteiger charge is -2.08. The van der Waals surface area contributed by atoms with E-state index in [9.17, 15) is 12.8 Å². The first-order valence-corrected chi connectivity index (χ1v) is 8.40. The third-order valence-corrected chi connectivity index (χ3v) is 4.50. The maximum absolute atomic E-state index is 12.7. The maximum atomic E-state index is 12.7. The smallest absolute Gasteiger partial charge is 0.240 e. The van der Waals surface area contributed by atoms with Crippen LogP contribution in [0.3, 0.4) is 0 Å². The Bertz CT molecular complexity index is 697. The number of rotatable bonds is 7. The van der Waals surface area contributed by atoms with E-state index in [1.807, 2.05) is 6.92 Å². The minimum absolute atomic E-state index is 0.248. The predicted octanol–water partition coefficient (Wildman–Crippen LogP) is 2.88. The number of nitrogens with one attached hydrogen (secondary N) is 1. The molecule has 2 aromatic carbocycles. The Morgan fingerprint density at radius 3 is 2.32 bits per heavy atom. The summed E-state index contributed by atoms with van der Waals surface area (Å²) in [5.41, 5.74) is 1.01. The largest absolute Gasteiger partial charge is 0.494 e. The van der Waals surface area contributed by atoms with Crippen molar-refractivity contribution in [2.24, 2.45) is 0 Å². The summed E-state index contributed by atoms with van der Waals surface area (Å²) in [7, 11) is -3.48. The monoisotopic (exact) mass is 323 g/mol. The van der Waals surface area contributed by atoms with Crippen LogP contribution in [0.25, 0.3) is 0 Å². The van der Waals surface area contributed by atoms with Gasteiger partial charge in [-0.15, -0.1) is 0 Å². The minimum Gasteiger partial charge on any atom is -0.494 e.